The summed E-state index contributed by atoms with van der Waals surface area (Å²) in [6, 6.07) is 4.53. The Kier molecular flexibility index (Phi) is 5.67. The molecule has 32 heavy (non-hydrogen) atoms. The molecule has 174 valence electrons. The highest BCUT2D eigenvalue weighted by molar-refractivity contribution is 7.93. The lowest BCUT2D eigenvalue weighted by molar-refractivity contribution is -0.137. The summed E-state index contributed by atoms with van der Waals surface area (Å²) in [5.41, 5.74) is -3.70. The van der Waals surface area contributed by atoms with E-state index in [9.17, 15) is 34.8 Å². The second-order valence-electron chi connectivity index (χ2n) is 7.79. The fraction of sp³-hybridized carbons (Fsp3) is 0.368. The number of carbonyl (C=O) groups is 1. The maximum atomic E-state index is 14.3. The summed E-state index contributed by atoms with van der Waals surface area (Å²) in [4.78, 5) is 17.1. The second-order valence-corrected chi connectivity index (χ2v) is 12.8. The zero-order valence-electron chi connectivity index (χ0n) is 17.2. The number of Topliss-reactive ketones (excluding diaryl/α,β-unsaturated/α-hetero) is 1. The molecule has 2 aromatic rings. The molecule has 0 amide bonds. The van der Waals surface area contributed by atoms with Crippen LogP contribution in [-0.4, -0.2) is 40.9 Å². The summed E-state index contributed by atoms with van der Waals surface area (Å²) in [5.74, 6) is -1.14. The quantitative estimate of drug-likeness (QED) is 0.623. The predicted molar refractivity (Wildman–Crippen MR) is 113 cm³/mol. The van der Waals surface area contributed by atoms with Crippen molar-refractivity contribution in [2.75, 3.05) is 17.6 Å². The van der Waals surface area contributed by atoms with E-state index in [-0.39, 0.29) is 11.3 Å². The minimum atomic E-state index is -5.24. The summed E-state index contributed by atoms with van der Waals surface area (Å²) in [6.45, 7) is 2.55. The van der Waals surface area contributed by atoms with Crippen LogP contribution >= 0.6 is 11.6 Å². The van der Waals surface area contributed by atoms with Gasteiger partial charge in [-0.2, -0.15) is 13.2 Å². The molecule has 0 bridgehead atoms. The van der Waals surface area contributed by atoms with Gasteiger partial charge >= 0.3 is 6.18 Å². The van der Waals surface area contributed by atoms with Gasteiger partial charge in [-0.05, 0) is 31.5 Å². The fourth-order valence-electron chi connectivity index (χ4n) is 3.68. The van der Waals surface area contributed by atoms with Crippen LogP contribution in [0.2, 0.25) is 5.02 Å². The fourth-order valence-corrected chi connectivity index (χ4v) is 6.52. The van der Waals surface area contributed by atoms with E-state index in [1.165, 1.54) is 32.2 Å². The molecule has 2 heterocycles. The van der Waals surface area contributed by atoms with Crippen molar-refractivity contribution in [2.24, 2.45) is 0 Å². The van der Waals surface area contributed by atoms with E-state index >= 15 is 0 Å². The van der Waals surface area contributed by atoms with Crippen LogP contribution in [0.3, 0.4) is 0 Å². The molecule has 0 spiro atoms. The van der Waals surface area contributed by atoms with Crippen LogP contribution < -0.4 is 4.31 Å². The average molecular weight is 511 g/mol. The van der Waals surface area contributed by atoms with Gasteiger partial charge in [0.05, 0.1) is 27.3 Å². The molecular formula is C19H18ClF3N2O5S2. The first-order valence-corrected chi connectivity index (χ1v) is 12.8. The molecule has 1 atom stereocenters. The van der Waals surface area contributed by atoms with E-state index in [4.69, 9.17) is 11.6 Å². The van der Waals surface area contributed by atoms with Crippen molar-refractivity contribution in [1.82, 2.24) is 4.98 Å². The van der Waals surface area contributed by atoms with Crippen LogP contribution in [0.25, 0.3) is 0 Å². The van der Waals surface area contributed by atoms with Crippen LogP contribution in [0.4, 0.5) is 18.9 Å². The van der Waals surface area contributed by atoms with Crippen LogP contribution in [0.5, 0.6) is 0 Å². The molecular weight excluding hydrogens is 493 g/mol. The number of sulfonamides is 1. The third kappa shape index (κ3) is 3.57. The number of pyridine rings is 1. The highest BCUT2D eigenvalue weighted by Gasteiger charge is 2.55. The molecule has 7 nitrogen and oxygen atoms in total. The first-order chi connectivity index (χ1) is 14.4. The minimum Gasteiger partial charge on any atom is -0.291 e. The van der Waals surface area contributed by atoms with Crippen LogP contribution in [0, 0.1) is 0 Å². The lowest BCUT2D eigenvalue weighted by Gasteiger charge is -2.37. The van der Waals surface area contributed by atoms with Gasteiger partial charge in [-0.25, -0.2) is 16.8 Å². The molecule has 0 fully saturated rings. The zero-order valence-corrected chi connectivity index (χ0v) is 19.6. The van der Waals surface area contributed by atoms with Crippen molar-refractivity contribution >= 4 is 42.9 Å². The van der Waals surface area contributed by atoms with Crippen molar-refractivity contribution in [3.8, 4) is 0 Å². The van der Waals surface area contributed by atoms with E-state index in [1.54, 1.807) is 0 Å². The number of fused-ring (bicyclic) bond motifs is 1. The number of ketones is 1. The standard InChI is InChI=1S/C19H18ClF3N2O5S2/c1-18(2)11-6-5-9-24-14(11)16(26)17(32(18,29)30)10-7-8-12(20)15(13(10)19(21,22)23)25(3)31(4,27)28/h5-9,17H,1-4H3. The Morgan fingerprint density at radius 1 is 1.19 bits per heavy atom. The first-order valence-electron chi connectivity index (χ1n) is 9.00. The number of hydrogen-bond donors (Lipinski definition) is 0. The number of nitrogens with zero attached hydrogens (tertiary/aromatic N) is 2. The summed E-state index contributed by atoms with van der Waals surface area (Å²) in [6.07, 6.45) is -3.34. The van der Waals surface area contributed by atoms with Crippen LogP contribution in [0.1, 0.15) is 46.3 Å². The van der Waals surface area contributed by atoms with E-state index in [0.717, 1.165) is 19.2 Å². The van der Waals surface area contributed by atoms with Crippen molar-refractivity contribution in [2.45, 2.75) is 30.0 Å². The Bertz CT molecular complexity index is 1340. The Morgan fingerprint density at radius 2 is 1.78 bits per heavy atom. The lowest BCUT2D eigenvalue weighted by atomic mass is 9.92. The Labute approximate surface area is 188 Å². The molecule has 0 N–H and O–H groups in total. The molecule has 1 aromatic carbocycles. The Hall–Kier alpha value is -2.18. The van der Waals surface area contributed by atoms with Crippen molar-refractivity contribution in [3.63, 3.8) is 0 Å². The third-order valence-electron chi connectivity index (χ3n) is 5.49. The van der Waals surface area contributed by atoms with Gasteiger partial charge < -0.3 is 0 Å². The molecule has 0 radical (unpaired) electrons. The third-order valence-corrected chi connectivity index (χ3v) is 9.70. The number of benzene rings is 1. The van der Waals surface area contributed by atoms with Crippen molar-refractivity contribution in [1.29, 1.82) is 0 Å². The number of hydrogen-bond acceptors (Lipinski definition) is 6. The van der Waals surface area contributed by atoms with E-state index in [0.29, 0.717) is 10.6 Å². The molecule has 3 rings (SSSR count). The summed E-state index contributed by atoms with van der Waals surface area (Å²) >= 11 is 5.94. The Morgan fingerprint density at radius 3 is 2.31 bits per heavy atom. The van der Waals surface area contributed by atoms with Gasteiger partial charge in [0.15, 0.2) is 15.1 Å². The smallest absolute Gasteiger partial charge is 0.291 e. The van der Waals surface area contributed by atoms with E-state index < -0.39 is 63.7 Å². The highest BCUT2D eigenvalue weighted by Crippen LogP contribution is 2.51. The van der Waals surface area contributed by atoms with Gasteiger partial charge in [-0.3, -0.25) is 14.1 Å². The molecule has 0 saturated carbocycles. The topological polar surface area (TPSA) is 101 Å². The number of halogens is 4. The monoisotopic (exact) mass is 510 g/mol. The summed E-state index contributed by atoms with van der Waals surface area (Å²) < 4.78 is 92.3. The van der Waals surface area contributed by atoms with Crippen molar-refractivity contribution < 1.29 is 34.8 Å². The van der Waals surface area contributed by atoms with Crippen molar-refractivity contribution in [3.05, 3.63) is 57.9 Å². The number of rotatable bonds is 3. The zero-order chi connectivity index (χ0) is 24.4. The number of aromatic nitrogens is 1. The number of anilines is 1. The average Bonchev–Trinajstić information content (AvgIpc) is 2.65. The number of sulfone groups is 1. The molecule has 13 heteroatoms. The molecule has 1 aliphatic rings. The van der Waals surface area contributed by atoms with Gasteiger partial charge in [-0.15, -0.1) is 0 Å². The lowest BCUT2D eigenvalue weighted by Crippen LogP contribution is -2.44. The largest absolute Gasteiger partial charge is 0.418 e. The van der Waals surface area contributed by atoms with Crippen LogP contribution in [0.15, 0.2) is 30.5 Å². The SMILES string of the molecule is CN(c1c(Cl)ccc(C2C(=O)c3ncccc3C(C)(C)S2(=O)=O)c1C(F)(F)F)S(C)(=O)=O. The van der Waals surface area contributed by atoms with E-state index in [2.05, 4.69) is 4.98 Å². The summed E-state index contributed by atoms with van der Waals surface area (Å²) in [7, 11) is -7.96. The van der Waals surface area contributed by atoms with Gasteiger partial charge in [0, 0.05) is 18.8 Å². The number of carbonyl (C=O) groups excluding carboxylic acids is 1. The second kappa shape index (κ2) is 7.42. The number of alkyl halides is 3. The molecule has 1 aliphatic heterocycles. The van der Waals surface area contributed by atoms with Gasteiger partial charge in [0.2, 0.25) is 15.8 Å². The molecule has 1 aromatic heterocycles. The van der Waals surface area contributed by atoms with Gasteiger partial charge in [0.1, 0.15) is 5.69 Å². The highest BCUT2D eigenvalue weighted by atomic mass is 35.5. The maximum absolute atomic E-state index is 14.3. The van der Waals surface area contributed by atoms with Gasteiger partial charge in [0.25, 0.3) is 0 Å². The minimum absolute atomic E-state index is 0.0669. The predicted octanol–water partition coefficient (Wildman–Crippen LogP) is 3.74. The summed E-state index contributed by atoms with van der Waals surface area (Å²) in [5, 5.41) is -2.84. The van der Waals surface area contributed by atoms with E-state index in [1.807, 2.05) is 0 Å². The maximum Gasteiger partial charge on any atom is 0.418 e. The Balaban J connectivity index is 2.47. The van der Waals surface area contributed by atoms with Crippen LogP contribution in [-0.2, 0) is 30.8 Å². The molecule has 1 unspecified atom stereocenters. The molecule has 0 aliphatic carbocycles. The van der Waals surface area contributed by atoms with Gasteiger partial charge in [-0.1, -0.05) is 23.7 Å². The first kappa shape index (κ1) is 24.5. The molecule has 0 saturated heterocycles. The normalized spacial score (nSPS) is 20.0.